The van der Waals surface area contributed by atoms with Crippen LogP contribution in [0.5, 0.6) is 0 Å². The summed E-state index contributed by atoms with van der Waals surface area (Å²) in [5.41, 5.74) is 6.48. The minimum absolute atomic E-state index is 0.0858. The Morgan fingerprint density at radius 2 is 1.66 bits per heavy atom. The number of fused-ring (bicyclic) bond motifs is 1. The number of ether oxygens (including phenoxy) is 1. The second-order valence-corrected chi connectivity index (χ2v) is 11.0. The van der Waals surface area contributed by atoms with Crippen LogP contribution in [0.25, 0.3) is 0 Å². The molecule has 5 unspecified atom stereocenters. The van der Waals surface area contributed by atoms with Crippen LogP contribution < -0.4 is 5.73 Å². The van der Waals surface area contributed by atoms with Crippen molar-refractivity contribution < 1.29 is 21.9 Å². The molecule has 3 saturated heterocycles. The number of halogens is 2. The summed E-state index contributed by atoms with van der Waals surface area (Å²) < 4.78 is 61.1. The van der Waals surface area contributed by atoms with Crippen LogP contribution in [0.1, 0.15) is 18.1 Å². The maximum Gasteiger partial charge on any atom is 0.243 e. The Morgan fingerprint density at radius 3 is 2.31 bits per heavy atom. The van der Waals surface area contributed by atoms with E-state index in [9.17, 15) is 17.2 Å². The molecule has 2 N–H and O–H groups in total. The van der Waals surface area contributed by atoms with Crippen molar-refractivity contribution >= 4 is 10.0 Å². The van der Waals surface area contributed by atoms with Crippen molar-refractivity contribution in [2.45, 2.75) is 29.5 Å². The molecule has 5 atom stereocenters. The Kier molecular flexibility index (Phi) is 5.79. The van der Waals surface area contributed by atoms with Gasteiger partial charge in [0.2, 0.25) is 10.0 Å². The molecule has 3 fully saturated rings. The van der Waals surface area contributed by atoms with E-state index in [1.165, 1.54) is 0 Å². The second-order valence-electron chi connectivity index (χ2n) is 9.08. The molecule has 9 heteroatoms. The minimum atomic E-state index is -3.47. The van der Waals surface area contributed by atoms with Gasteiger partial charge in [-0.1, -0.05) is 18.2 Å². The van der Waals surface area contributed by atoms with Crippen molar-refractivity contribution in [3.63, 3.8) is 0 Å². The Morgan fingerprint density at radius 1 is 0.969 bits per heavy atom. The molecule has 3 aliphatic rings. The van der Waals surface area contributed by atoms with Gasteiger partial charge in [-0.05, 0) is 48.6 Å². The molecule has 32 heavy (non-hydrogen) atoms. The highest BCUT2D eigenvalue weighted by molar-refractivity contribution is 7.89. The van der Waals surface area contributed by atoms with E-state index in [0.29, 0.717) is 31.0 Å². The molecule has 172 valence electrons. The van der Waals surface area contributed by atoms with Crippen LogP contribution in [0.3, 0.4) is 0 Å². The Balaban J connectivity index is 1.21. The average molecular weight is 464 g/mol. The molecule has 5 rings (SSSR count). The van der Waals surface area contributed by atoms with Crippen molar-refractivity contribution in [3.8, 4) is 0 Å². The van der Waals surface area contributed by atoms with Crippen molar-refractivity contribution in [1.29, 1.82) is 0 Å². The zero-order valence-corrected chi connectivity index (χ0v) is 18.4. The topological polar surface area (TPSA) is 75.9 Å². The predicted molar refractivity (Wildman–Crippen MR) is 115 cm³/mol. The predicted octanol–water partition coefficient (Wildman–Crippen LogP) is 2.37. The van der Waals surface area contributed by atoms with Gasteiger partial charge in [0.15, 0.2) is 0 Å². The summed E-state index contributed by atoms with van der Waals surface area (Å²) in [4.78, 5) is 2.65. The summed E-state index contributed by atoms with van der Waals surface area (Å²) in [6, 6.07) is 11.5. The Bertz CT molecular complexity index is 1070. The number of hydrogen-bond acceptors (Lipinski definition) is 5. The molecule has 3 heterocycles. The number of likely N-dealkylation sites (tertiary alicyclic amines) is 1. The summed E-state index contributed by atoms with van der Waals surface area (Å²) in [5.74, 6) is -0.492. The van der Waals surface area contributed by atoms with Crippen molar-refractivity contribution in [2.24, 2.45) is 17.6 Å². The first-order valence-electron chi connectivity index (χ1n) is 10.9. The van der Waals surface area contributed by atoms with Crippen molar-refractivity contribution in [2.75, 3.05) is 32.8 Å². The van der Waals surface area contributed by atoms with E-state index in [0.717, 1.165) is 31.3 Å². The third-order valence-corrected chi connectivity index (χ3v) is 8.89. The van der Waals surface area contributed by atoms with E-state index in [-0.39, 0.29) is 23.4 Å². The van der Waals surface area contributed by atoms with Gasteiger partial charge in [0, 0.05) is 43.8 Å². The van der Waals surface area contributed by atoms with Crippen LogP contribution in [0.4, 0.5) is 8.78 Å². The van der Waals surface area contributed by atoms with Gasteiger partial charge in [0.25, 0.3) is 0 Å². The molecule has 0 amide bonds. The maximum atomic E-state index is 14.2. The summed E-state index contributed by atoms with van der Waals surface area (Å²) in [6.45, 7) is 2.97. The first-order valence-corrected chi connectivity index (χ1v) is 12.4. The maximum absolute atomic E-state index is 14.2. The van der Waals surface area contributed by atoms with Crippen LogP contribution in [0, 0.1) is 23.5 Å². The molecular formula is C23H27F2N3O3S. The third kappa shape index (κ3) is 3.97. The van der Waals surface area contributed by atoms with Crippen molar-refractivity contribution in [3.05, 3.63) is 65.7 Å². The molecule has 0 spiro atoms. The van der Waals surface area contributed by atoms with Gasteiger partial charge in [0.1, 0.15) is 17.7 Å². The number of sulfonamides is 1. The molecule has 0 aromatic heterocycles. The lowest BCUT2D eigenvalue weighted by Gasteiger charge is -2.39. The van der Waals surface area contributed by atoms with E-state index in [1.54, 1.807) is 34.6 Å². The quantitative estimate of drug-likeness (QED) is 0.754. The second kappa shape index (κ2) is 8.46. The minimum Gasteiger partial charge on any atom is -0.370 e. The number of hydrogen-bond donors (Lipinski definition) is 1. The van der Waals surface area contributed by atoms with E-state index < -0.39 is 33.8 Å². The fraction of sp³-hybridized carbons (Fsp3) is 0.478. The standard InChI is InChI=1S/C23H27F2N3O3S/c24-17-6-7-21(25)20(8-17)23-22(26)9-18(14-31-23)27-10-15-12-28(13-16(15)11-27)32(29,30)19-4-2-1-3-5-19/h1-8,15-16,18,22-23H,9-14,26H2. The third-order valence-electron chi connectivity index (χ3n) is 7.04. The highest BCUT2D eigenvalue weighted by atomic mass is 32.2. The Labute approximate surface area is 187 Å². The summed E-state index contributed by atoms with van der Waals surface area (Å²) >= 11 is 0. The molecule has 0 aliphatic carbocycles. The largest absolute Gasteiger partial charge is 0.370 e. The zero-order valence-electron chi connectivity index (χ0n) is 17.6. The lowest BCUT2D eigenvalue weighted by molar-refractivity contribution is -0.0485. The monoisotopic (exact) mass is 463 g/mol. The lowest BCUT2D eigenvalue weighted by atomic mass is 9.93. The molecule has 0 bridgehead atoms. The summed E-state index contributed by atoms with van der Waals surface area (Å²) in [5, 5.41) is 0. The number of rotatable bonds is 4. The van der Waals surface area contributed by atoms with Gasteiger partial charge < -0.3 is 10.5 Å². The normalized spacial score (nSPS) is 31.7. The average Bonchev–Trinajstić information content (AvgIpc) is 3.36. The van der Waals surface area contributed by atoms with Gasteiger partial charge >= 0.3 is 0 Å². The summed E-state index contributed by atoms with van der Waals surface area (Å²) in [6.07, 6.45) is -0.0536. The first kappa shape index (κ1) is 21.9. The van der Waals surface area contributed by atoms with E-state index in [2.05, 4.69) is 4.90 Å². The van der Waals surface area contributed by atoms with E-state index >= 15 is 0 Å². The zero-order chi connectivity index (χ0) is 22.5. The molecule has 2 aromatic carbocycles. The van der Waals surface area contributed by atoms with Gasteiger partial charge in [-0.3, -0.25) is 4.90 Å². The molecule has 3 aliphatic heterocycles. The molecule has 2 aromatic rings. The highest BCUT2D eigenvalue weighted by Gasteiger charge is 2.46. The van der Waals surface area contributed by atoms with Crippen LogP contribution in [-0.4, -0.2) is 62.5 Å². The van der Waals surface area contributed by atoms with Crippen LogP contribution in [0.15, 0.2) is 53.4 Å². The summed E-state index contributed by atoms with van der Waals surface area (Å²) in [7, 11) is -3.47. The fourth-order valence-corrected chi connectivity index (χ4v) is 6.95. The van der Waals surface area contributed by atoms with Gasteiger partial charge in [-0.25, -0.2) is 17.2 Å². The number of benzene rings is 2. The lowest BCUT2D eigenvalue weighted by Crippen LogP contribution is -2.49. The smallest absolute Gasteiger partial charge is 0.243 e. The number of nitrogens with two attached hydrogens (primary N) is 1. The molecular weight excluding hydrogens is 436 g/mol. The van der Waals surface area contributed by atoms with E-state index in [1.807, 2.05) is 0 Å². The van der Waals surface area contributed by atoms with E-state index in [4.69, 9.17) is 10.5 Å². The van der Waals surface area contributed by atoms with Crippen molar-refractivity contribution in [1.82, 2.24) is 9.21 Å². The molecule has 6 nitrogen and oxygen atoms in total. The highest BCUT2D eigenvalue weighted by Crippen LogP contribution is 2.38. The molecule has 0 radical (unpaired) electrons. The SMILES string of the molecule is NC1CC(N2CC3CN(S(=O)(=O)c4ccccc4)CC3C2)COC1c1cc(F)ccc1F. The Hall–Kier alpha value is -1.91. The van der Waals surface area contributed by atoms with Crippen LogP contribution in [-0.2, 0) is 14.8 Å². The first-order chi connectivity index (χ1) is 15.3. The molecule has 0 saturated carbocycles. The van der Waals surface area contributed by atoms with Crippen LogP contribution >= 0.6 is 0 Å². The van der Waals surface area contributed by atoms with Gasteiger partial charge in [-0.15, -0.1) is 0 Å². The van der Waals surface area contributed by atoms with Crippen LogP contribution in [0.2, 0.25) is 0 Å². The fourth-order valence-electron chi connectivity index (χ4n) is 5.37. The van der Waals surface area contributed by atoms with Gasteiger partial charge in [0.05, 0.1) is 11.5 Å². The number of nitrogens with zero attached hydrogens (tertiary/aromatic N) is 2. The van der Waals surface area contributed by atoms with Gasteiger partial charge in [-0.2, -0.15) is 4.31 Å².